The summed E-state index contributed by atoms with van der Waals surface area (Å²) in [4.78, 5) is 215. The van der Waals surface area contributed by atoms with Gasteiger partial charge in [0.2, 0.25) is 82.7 Å². The number of phenolic OH excluding ortho intramolecular Hbond substituents is 2. The molecule has 3 aromatic rings. The summed E-state index contributed by atoms with van der Waals surface area (Å²) in [7, 11) is 0. The molecule has 14 amide bonds. The van der Waals surface area contributed by atoms with Crippen molar-refractivity contribution in [2.45, 2.75) is 287 Å². The second-order valence-electron chi connectivity index (χ2n) is 33.3. The number of primary amides is 1. The van der Waals surface area contributed by atoms with Crippen molar-refractivity contribution >= 4 is 88.7 Å². The number of carbonyl (C=O) groups excluding carboxylic acids is 14. The molecule has 0 radical (unpaired) electrons. The van der Waals surface area contributed by atoms with Gasteiger partial charge in [0.15, 0.2) is 0 Å². The molecule has 1 aliphatic heterocycles. The van der Waals surface area contributed by atoms with E-state index in [9.17, 15) is 73.2 Å². The lowest BCUT2D eigenvalue weighted by atomic mass is 9.90. The molecule has 0 saturated heterocycles. The SMILES string of the molecule is CC[C@H](C)[C@H](N)C(=O)N[C@H](C(=O)N[C@@H](Cc1ccccc1)C(=O)N[C@@]1(C)CCC/C=C/CCC[C@@](C)(C(=O)N[C@@H](Cc2ccc(O)cc2)C(=O)N[C@@H](Cc2ccc(O)cc2)C(=O)NCC(=O)N[C@@H](CCCCN)C(=O)N[C@@H](CCCCN)C(=O)N[C@@H](CCCCN)C(N)=O)NC(=O)C(CC(C)C)NC(=O)[C@H](CC(C)C)NC(=O)[C@H](CC(=O)O)NC1=O)[C@@H](C)O. The van der Waals surface area contributed by atoms with Gasteiger partial charge in [0.1, 0.15) is 83.0 Å². The van der Waals surface area contributed by atoms with Crippen LogP contribution in [0.3, 0.4) is 0 Å². The van der Waals surface area contributed by atoms with Gasteiger partial charge in [-0.1, -0.05) is 115 Å². The summed E-state index contributed by atoms with van der Waals surface area (Å²) in [5.74, 6) is -15.6. The molecule has 0 bridgehead atoms. The quantitative estimate of drug-likeness (QED) is 0.0260. The van der Waals surface area contributed by atoms with Gasteiger partial charge in [-0.15, -0.1) is 0 Å². The number of aliphatic hydroxyl groups is 1. The number of carboxylic acid groups (broad SMARTS) is 1. The summed E-state index contributed by atoms with van der Waals surface area (Å²) in [5.41, 5.74) is 26.4. The van der Waals surface area contributed by atoms with Crippen molar-refractivity contribution in [2.24, 2.45) is 46.4 Å². The number of aliphatic hydroxyl groups excluding tert-OH is 1. The maximum absolute atomic E-state index is 15.6. The van der Waals surface area contributed by atoms with Crippen LogP contribution in [-0.4, -0.2) is 219 Å². The minimum Gasteiger partial charge on any atom is -0.508 e. The first-order chi connectivity index (χ1) is 58.7. The van der Waals surface area contributed by atoms with Crippen molar-refractivity contribution in [3.63, 3.8) is 0 Å². The molecule has 4 rings (SSSR count). The molecule has 3 aromatic carbocycles. The first-order valence-corrected chi connectivity index (χ1v) is 42.9. The molecular weight excluding hydrogens is 1600 g/mol. The Morgan fingerprint density at radius 1 is 0.500 bits per heavy atom. The van der Waals surface area contributed by atoms with E-state index in [-0.39, 0.29) is 132 Å². The Kier molecular flexibility index (Phi) is 45.6. The lowest BCUT2D eigenvalue weighted by Crippen LogP contribution is -2.65. The Bertz CT molecular complexity index is 4020. The predicted octanol–water partition coefficient (Wildman–Crippen LogP) is -0.0565. The summed E-state index contributed by atoms with van der Waals surface area (Å²) in [6.45, 7) is 14.6. The number of amides is 14. The number of nitrogens with one attached hydrogen (secondary N) is 13. The molecule has 0 aromatic heterocycles. The number of allylic oxidation sites excluding steroid dienone is 2. The van der Waals surface area contributed by atoms with Crippen molar-refractivity contribution in [1.29, 1.82) is 0 Å². The lowest BCUT2D eigenvalue weighted by Gasteiger charge is -2.34. The number of unbranched alkanes of at least 4 members (excludes halogenated alkanes) is 3. The van der Waals surface area contributed by atoms with Crippen molar-refractivity contribution in [2.75, 3.05) is 26.2 Å². The molecular formula is C87H136N18O19. The maximum atomic E-state index is 15.6. The molecule has 688 valence electrons. The first kappa shape index (κ1) is 105. The van der Waals surface area contributed by atoms with E-state index in [1.807, 2.05) is 6.92 Å². The molecule has 1 aliphatic rings. The minimum absolute atomic E-state index is 0.0271. The Morgan fingerprint density at radius 2 is 0.935 bits per heavy atom. The zero-order valence-corrected chi connectivity index (χ0v) is 73.0. The highest BCUT2D eigenvalue weighted by atomic mass is 16.4. The van der Waals surface area contributed by atoms with Crippen molar-refractivity contribution in [3.05, 3.63) is 108 Å². The Hall–Kier alpha value is -11.1. The van der Waals surface area contributed by atoms with Gasteiger partial charge in [-0.25, -0.2) is 0 Å². The fourth-order valence-corrected chi connectivity index (χ4v) is 13.8. The normalized spacial score (nSPS) is 20.2. The second-order valence-corrected chi connectivity index (χ2v) is 33.3. The summed E-state index contributed by atoms with van der Waals surface area (Å²) < 4.78 is 0. The van der Waals surface area contributed by atoms with Gasteiger partial charge in [-0.3, -0.25) is 71.9 Å². The fourth-order valence-electron chi connectivity index (χ4n) is 13.8. The molecule has 0 fully saturated rings. The second kappa shape index (κ2) is 53.8. The summed E-state index contributed by atoms with van der Waals surface area (Å²) in [6.07, 6.45) is 3.75. The van der Waals surface area contributed by atoms with Gasteiger partial charge in [-0.2, -0.15) is 0 Å². The van der Waals surface area contributed by atoms with Crippen LogP contribution in [0, 0.1) is 17.8 Å². The van der Waals surface area contributed by atoms with Crippen LogP contribution < -0.4 is 97.8 Å². The molecule has 37 heteroatoms. The Labute approximate surface area is 725 Å². The standard InChI is InChI=1S/C87H136N18O19/c1-10-53(6)71(91)82(121)103-72(54(7)106)83(122)100-67(46-55-26-16-15-17-27-55)81(120)105-87(9)40-22-14-12-11-13-21-39-86(8,104-80(119)64(45-52(4)5)98-77(116)63(44-51(2)3)97-79(118)68(49-70(110)111)102-85(87)124)84(123)101-66(48-57-33-37-59(108)38-34-57)78(117)99-65(47-56-31-35-58(107)36-32-56)74(113)93-50-69(109)94-61(29-19-24-42-89)75(114)96-62(30-20-25-43-90)76(115)95-60(73(92)112)28-18-23-41-88/h11-12,15-17,26-27,31-38,51-54,60-68,71-72,106-108H,10,13-14,18-25,28-30,39-50,88-91H2,1-9H3,(H2,92,112)(H,93,113)(H,94,109)(H,95,115)(H,96,114)(H,97,118)(H,98,116)(H,99,117)(H,100,122)(H,101,123)(H,102,124)(H,103,121)(H,104,119)(H,105,120)(H,110,111)/b12-11+/t53-,54+,60-,61-,62-,63-,64?,65-,66-,67-,68-,71-,72-,86-,87-/m0/s1. The van der Waals surface area contributed by atoms with Crippen LogP contribution in [0.15, 0.2) is 91.0 Å². The number of carboxylic acids is 1. The number of aliphatic carboxylic acids is 1. The lowest BCUT2D eigenvalue weighted by molar-refractivity contribution is -0.142. The van der Waals surface area contributed by atoms with E-state index in [1.165, 1.54) is 69.3 Å². The van der Waals surface area contributed by atoms with Crippen LogP contribution >= 0.6 is 0 Å². The van der Waals surface area contributed by atoms with Crippen molar-refractivity contribution in [3.8, 4) is 11.5 Å². The highest BCUT2D eigenvalue weighted by Gasteiger charge is 2.44. The monoisotopic (exact) mass is 1740 g/mol. The molecule has 0 saturated carbocycles. The van der Waals surface area contributed by atoms with Gasteiger partial charge in [0.25, 0.3) is 0 Å². The fraction of sp³-hybridized carbons (Fsp3) is 0.598. The number of rotatable bonds is 46. The summed E-state index contributed by atoms with van der Waals surface area (Å²) >= 11 is 0. The van der Waals surface area contributed by atoms with E-state index in [4.69, 9.17) is 28.7 Å². The molecule has 0 spiro atoms. The van der Waals surface area contributed by atoms with E-state index in [2.05, 4.69) is 69.1 Å². The zero-order valence-electron chi connectivity index (χ0n) is 73.0. The minimum atomic E-state index is -2.03. The van der Waals surface area contributed by atoms with Crippen LogP contribution in [0.4, 0.5) is 0 Å². The van der Waals surface area contributed by atoms with Gasteiger partial charge >= 0.3 is 5.97 Å². The molecule has 27 N–H and O–H groups in total. The van der Waals surface area contributed by atoms with Crippen molar-refractivity contribution < 1.29 is 92.3 Å². The summed E-state index contributed by atoms with van der Waals surface area (Å²) in [5, 5.41) is 76.4. The smallest absolute Gasteiger partial charge is 0.305 e. The van der Waals surface area contributed by atoms with Gasteiger partial charge < -0.3 is 118 Å². The zero-order chi connectivity index (χ0) is 92.4. The summed E-state index contributed by atoms with van der Waals surface area (Å²) in [6, 6.07) is 3.83. The number of hydrogen-bond donors (Lipinski definition) is 22. The van der Waals surface area contributed by atoms with E-state index < -0.39 is 185 Å². The van der Waals surface area contributed by atoms with Crippen LogP contribution in [0.2, 0.25) is 0 Å². The van der Waals surface area contributed by atoms with E-state index in [1.54, 1.807) is 77.1 Å². The number of phenols is 2. The number of hydrogen-bond acceptors (Lipinski definition) is 22. The van der Waals surface area contributed by atoms with E-state index >= 15 is 19.2 Å². The predicted molar refractivity (Wildman–Crippen MR) is 464 cm³/mol. The third-order valence-corrected chi connectivity index (χ3v) is 21.5. The molecule has 124 heavy (non-hydrogen) atoms. The van der Waals surface area contributed by atoms with Gasteiger partial charge in [0.05, 0.1) is 25.1 Å². The van der Waals surface area contributed by atoms with Gasteiger partial charge in [-0.05, 0) is 208 Å². The van der Waals surface area contributed by atoms with Crippen LogP contribution in [0.1, 0.15) is 201 Å². The van der Waals surface area contributed by atoms with Crippen LogP contribution in [0.25, 0.3) is 0 Å². The van der Waals surface area contributed by atoms with Crippen LogP contribution in [0.5, 0.6) is 11.5 Å². The number of benzene rings is 3. The van der Waals surface area contributed by atoms with Crippen LogP contribution in [-0.2, 0) is 91.2 Å². The molecule has 0 aliphatic carbocycles. The van der Waals surface area contributed by atoms with Gasteiger partial charge in [0, 0.05) is 19.3 Å². The molecule has 1 unspecified atom stereocenters. The number of carbonyl (C=O) groups is 15. The highest BCUT2D eigenvalue weighted by molar-refractivity contribution is 6.02. The number of aromatic hydroxyl groups is 2. The molecule has 1 heterocycles. The molecule has 15 atom stereocenters. The van der Waals surface area contributed by atoms with E-state index in [0.717, 1.165) is 0 Å². The Balaban J connectivity index is 1.79. The highest BCUT2D eigenvalue weighted by Crippen LogP contribution is 2.24. The Morgan fingerprint density at radius 3 is 1.42 bits per heavy atom. The van der Waals surface area contributed by atoms with E-state index in [0.29, 0.717) is 68.2 Å². The average molecular weight is 1740 g/mol. The largest absolute Gasteiger partial charge is 0.508 e. The molecule has 37 nitrogen and oxygen atoms in total. The topological polar surface area (TPSA) is 623 Å². The third kappa shape index (κ3) is 37.1. The van der Waals surface area contributed by atoms with Crippen molar-refractivity contribution in [1.82, 2.24) is 69.1 Å². The third-order valence-electron chi connectivity index (χ3n) is 21.5. The maximum Gasteiger partial charge on any atom is 0.305 e. The average Bonchev–Trinajstić information content (AvgIpc) is 0.850. The number of nitrogens with two attached hydrogens (primary N) is 5. The first-order valence-electron chi connectivity index (χ1n) is 42.9.